The van der Waals surface area contributed by atoms with Crippen LogP contribution >= 0.6 is 15.9 Å². The van der Waals surface area contributed by atoms with Crippen LogP contribution in [-0.2, 0) is 0 Å². The summed E-state index contributed by atoms with van der Waals surface area (Å²) in [5.41, 5.74) is 3.98. The number of Topliss-reactive ketones (excluding diaryl/α,β-unsaturated/α-hetero) is 1. The summed E-state index contributed by atoms with van der Waals surface area (Å²) in [6.45, 7) is 5.70. The van der Waals surface area contributed by atoms with Gasteiger partial charge in [-0.25, -0.2) is 4.98 Å². The number of aryl methyl sites for hydroxylation is 2. The number of ketones is 1. The summed E-state index contributed by atoms with van der Waals surface area (Å²) in [6, 6.07) is 7.66. The van der Waals surface area contributed by atoms with Gasteiger partial charge in [0.25, 0.3) is 0 Å². The molecule has 98 valence electrons. The summed E-state index contributed by atoms with van der Waals surface area (Å²) >= 11 is 3.30. The molecule has 0 aromatic carbocycles. The van der Waals surface area contributed by atoms with Crippen LogP contribution in [0.5, 0.6) is 0 Å². The Morgan fingerprint density at radius 1 is 1.26 bits per heavy atom. The lowest BCUT2D eigenvalue weighted by Gasteiger charge is -2.11. The average molecular weight is 319 g/mol. The minimum absolute atomic E-state index is 0.00492. The van der Waals surface area contributed by atoms with Gasteiger partial charge in [0.15, 0.2) is 5.78 Å². The van der Waals surface area contributed by atoms with Gasteiger partial charge in [0.05, 0.1) is 16.2 Å². The van der Waals surface area contributed by atoms with E-state index in [9.17, 15) is 4.79 Å². The van der Waals surface area contributed by atoms with Crippen molar-refractivity contribution in [3.8, 4) is 11.4 Å². The van der Waals surface area contributed by atoms with Crippen LogP contribution in [-0.4, -0.2) is 20.6 Å². The Balaban J connectivity index is 2.58. The highest BCUT2D eigenvalue weighted by Crippen LogP contribution is 2.23. The van der Waals surface area contributed by atoms with E-state index in [2.05, 4.69) is 25.9 Å². The van der Waals surface area contributed by atoms with Crippen LogP contribution in [0, 0.1) is 13.8 Å². The Morgan fingerprint density at radius 2 is 2.00 bits per heavy atom. The van der Waals surface area contributed by atoms with Gasteiger partial charge in [-0.2, -0.15) is 0 Å². The van der Waals surface area contributed by atoms with Crippen LogP contribution in [0.25, 0.3) is 11.4 Å². The van der Waals surface area contributed by atoms with E-state index in [-0.39, 0.29) is 10.6 Å². The first kappa shape index (κ1) is 13.9. The van der Waals surface area contributed by atoms with Crippen LogP contribution < -0.4 is 0 Å². The number of aromatic nitrogens is 2. The van der Waals surface area contributed by atoms with Crippen molar-refractivity contribution in [2.24, 2.45) is 0 Å². The van der Waals surface area contributed by atoms with Crippen LogP contribution in [0.3, 0.4) is 0 Å². The number of carbonyl (C=O) groups is 1. The summed E-state index contributed by atoms with van der Waals surface area (Å²) in [5, 5.41) is 0. The first-order valence-electron chi connectivity index (χ1n) is 6.08. The van der Waals surface area contributed by atoms with Gasteiger partial charge in [0.2, 0.25) is 0 Å². The second-order valence-electron chi connectivity index (χ2n) is 4.51. The van der Waals surface area contributed by atoms with Crippen molar-refractivity contribution in [1.29, 1.82) is 0 Å². The molecule has 0 saturated heterocycles. The predicted molar refractivity (Wildman–Crippen MR) is 79.7 cm³/mol. The molecule has 0 bridgehead atoms. The van der Waals surface area contributed by atoms with Gasteiger partial charge in [-0.05, 0) is 44.0 Å². The zero-order valence-electron chi connectivity index (χ0n) is 11.1. The van der Waals surface area contributed by atoms with Crippen molar-refractivity contribution in [3.63, 3.8) is 0 Å². The SMILES string of the molecule is Cc1cc(C)c(-c2ccccn2)nc1C(=O)C(C)Br. The number of rotatable bonds is 3. The van der Waals surface area contributed by atoms with E-state index < -0.39 is 0 Å². The van der Waals surface area contributed by atoms with E-state index in [1.807, 2.05) is 45.0 Å². The molecule has 2 aromatic rings. The third-order valence-corrected chi connectivity index (χ3v) is 3.32. The molecule has 2 aromatic heterocycles. The number of hydrogen-bond donors (Lipinski definition) is 0. The fraction of sp³-hybridized carbons (Fsp3) is 0.267. The molecule has 1 unspecified atom stereocenters. The number of halogens is 1. The number of pyridine rings is 2. The number of alkyl halides is 1. The molecule has 4 heteroatoms. The minimum atomic E-state index is -0.238. The lowest BCUT2D eigenvalue weighted by atomic mass is 10.0. The third-order valence-electron chi connectivity index (χ3n) is 2.91. The second kappa shape index (κ2) is 5.61. The Kier molecular flexibility index (Phi) is 4.10. The first-order valence-corrected chi connectivity index (χ1v) is 7.00. The molecule has 1 atom stereocenters. The molecule has 0 aliphatic carbocycles. The van der Waals surface area contributed by atoms with Gasteiger partial charge in [-0.15, -0.1) is 0 Å². The molecular weight excluding hydrogens is 304 g/mol. The predicted octanol–water partition coefficient (Wildman–Crippen LogP) is 3.73. The van der Waals surface area contributed by atoms with Gasteiger partial charge < -0.3 is 0 Å². The lowest BCUT2D eigenvalue weighted by molar-refractivity contribution is 0.0990. The zero-order valence-corrected chi connectivity index (χ0v) is 12.7. The maximum absolute atomic E-state index is 12.1. The van der Waals surface area contributed by atoms with Gasteiger partial charge in [0, 0.05) is 6.20 Å². The molecule has 0 amide bonds. The van der Waals surface area contributed by atoms with Crippen LogP contribution in [0.4, 0.5) is 0 Å². The van der Waals surface area contributed by atoms with Crippen molar-refractivity contribution in [3.05, 3.63) is 47.3 Å². The lowest BCUT2D eigenvalue weighted by Crippen LogP contribution is -2.14. The summed E-state index contributed by atoms with van der Waals surface area (Å²) in [7, 11) is 0. The van der Waals surface area contributed by atoms with Crippen LogP contribution in [0.1, 0.15) is 28.5 Å². The highest BCUT2D eigenvalue weighted by Gasteiger charge is 2.18. The fourth-order valence-corrected chi connectivity index (χ4v) is 2.17. The van der Waals surface area contributed by atoms with E-state index in [4.69, 9.17) is 0 Å². The molecule has 0 spiro atoms. The monoisotopic (exact) mass is 318 g/mol. The van der Waals surface area contributed by atoms with Crippen LogP contribution in [0.15, 0.2) is 30.5 Å². The highest BCUT2D eigenvalue weighted by atomic mass is 79.9. The maximum Gasteiger partial charge on any atom is 0.194 e. The summed E-state index contributed by atoms with van der Waals surface area (Å²) in [5.74, 6) is -0.00492. The molecular formula is C15H15BrN2O. The molecule has 0 saturated carbocycles. The molecule has 3 nitrogen and oxygen atoms in total. The molecule has 0 N–H and O–H groups in total. The summed E-state index contributed by atoms with van der Waals surface area (Å²) in [4.78, 5) is 20.7. The first-order chi connectivity index (χ1) is 9.00. The molecule has 0 radical (unpaired) electrons. The normalized spacial score (nSPS) is 12.2. The topological polar surface area (TPSA) is 42.9 Å². The van der Waals surface area contributed by atoms with E-state index in [1.165, 1.54) is 0 Å². The molecule has 0 aliphatic heterocycles. The quantitative estimate of drug-likeness (QED) is 0.639. The van der Waals surface area contributed by atoms with Gasteiger partial charge in [0.1, 0.15) is 5.69 Å². The van der Waals surface area contributed by atoms with Crippen molar-refractivity contribution in [1.82, 2.24) is 9.97 Å². The minimum Gasteiger partial charge on any atom is -0.291 e. The van der Waals surface area contributed by atoms with E-state index in [1.54, 1.807) is 6.20 Å². The Hall–Kier alpha value is -1.55. The third kappa shape index (κ3) is 2.89. The van der Waals surface area contributed by atoms with Gasteiger partial charge in [-0.3, -0.25) is 9.78 Å². The summed E-state index contributed by atoms with van der Waals surface area (Å²) in [6.07, 6.45) is 1.73. The Labute approximate surface area is 121 Å². The van der Waals surface area contributed by atoms with Crippen molar-refractivity contribution in [2.75, 3.05) is 0 Å². The molecule has 0 aliphatic rings. The standard InChI is InChI=1S/C15H15BrN2O/c1-9-8-10(2)14(15(19)11(3)16)18-13(9)12-6-4-5-7-17-12/h4-8,11H,1-3H3. The largest absolute Gasteiger partial charge is 0.291 e. The summed E-state index contributed by atoms with van der Waals surface area (Å²) < 4.78 is 0. The van der Waals surface area contributed by atoms with Crippen molar-refractivity contribution in [2.45, 2.75) is 25.6 Å². The maximum atomic E-state index is 12.1. The number of hydrogen-bond acceptors (Lipinski definition) is 3. The average Bonchev–Trinajstić information content (AvgIpc) is 2.39. The van der Waals surface area contributed by atoms with Crippen molar-refractivity contribution < 1.29 is 4.79 Å². The molecule has 2 heterocycles. The Morgan fingerprint density at radius 3 is 2.58 bits per heavy atom. The smallest absolute Gasteiger partial charge is 0.194 e. The molecule has 2 rings (SSSR count). The zero-order chi connectivity index (χ0) is 14.0. The van der Waals surface area contributed by atoms with Gasteiger partial charge in [-0.1, -0.05) is 28.1 Å². The van der Waals surface area contributed by atoms with E-state index >= 15 is 0 Å². The molecule has 0 fully saturated rings. The van der Waals surface area contributed by atoms with E-state index in [0.717, 1.165) is 22.5 Å². The second-order valence-corrected chi connectivity index (χ2v) is 5.89. The highest BCUT2D eigenvalue weighted by molar-refractivity contribution is 9.10. The van der Waals surface area contributed by atoms with Crippen molar-refractivity contribution >= 4 is 21.7 Å². The van der Waals surface area contributed by atoms with Crippen LogP contribution in [0.2, 0.25) is 0 Å². The fourth-order valence-electron chi connectivity index (χ4n) is 1.95. The number of carbonyl (C=O) groups excluding carboxylic acids is 1. The Bertz CT molecular complexity index is 609. The molecule has 19 heavy (non-hydrogen) atoms. The number of nitrogens with zero attached hydrogens (tertiary/aromatic N) is 2. The van der Waals surface area contributed by atoms with Gasteiger partial charge >= 0.3 is 0 Å². The van der Waals surface area contributed by atoms with E-state index in [0.29, 0.717) is 5.69 Å².